The summed E-state index contributed by atoms with van der Waals surface area (Å²) in [5, 5.41) is 3.07. The molecule has 30 heavy (non-hydrogen) atoms. The Balaban J connectivity index is 1.90. The van der Waals surface area contributed by atoms with Gasteiger partial charge in [-0.2, -0.15) is 0 Å². The molecule has 1 aliphatic carbocycles. The molecule has 0 aromatic heterocycles. The zero-order valence-corrected chi connectivity index (χ0v) is 18.1. The summed E-state index contributed by atoms with van der Waals surface area (Å²) in [7, 11) is 1.34. The summed E-state index contributed by atoms with van der Waals surface area (Å²) < 4.78 is 10.6. The molecule has 0 heterocycles. The SMILES string of the molecule is CCCOc1ccc(NC(=O)C2(c3ccc(C)cc3)CCCCC2)cc1C(=O)OC. The van der Waals surface area contributed by atoms with E-state index in [-0.39, 0.29) is 5.91 Å². The lowest BCUT2D eigenvalue weighted by Crippen LogP contribution is -2.42. The predicted octanol–water partition coefficient (Wildman–Crippen LogP) is 5.41. The summed E-state index contributed by atoms with van der Waals surface area (Å²) in [5.41, 5.74) is 2.57. The Morgan fingerprint density at radius 3 is 2.37 bits per heavy atom. The normalized spacial score (nSPS) is 15.3. The molecule has 0 saturated heterocycles. The minimum atomic E-state index is -0.547. The Hall–Kier alpha value is -2.82. The Labute approximate surface area is 178 Å². The van der Waals surface area contributed by atoms with Gasteiger partial charge in [-0.1, -0.05) is 56.0 Å². The zero-order valence-electron chi connectivity index (χ0n) is 18.1. The van der Waals surface area contributed by atoms with Crippen LogP contribution in [0.1, 0.15) is 66.9 Å². The first-order chi connectivity index (χ1) is 14.5. The zero-order chi connectivity index (χ0) is 21.6. The molecular weight excluding hydrogens is 378 g/mol. The van der Waals surface area contributed by atoms with Gasteiger partial charge in [-0.05, 0) is 49.9 Å². The van der Waals surface area contributed by atoms with E-state index >= 15 is 0 Å². The maximum atomic E-state index is 13.5. The molecule has 0 bridgehead atoms. The molecule has 1 saturated carbocycles. The second-order valence-corrected chi connectivity index (χ2v) is 8.01. The number of ether oxygens (including phenoxy) is 2. The van der Waals surface area contributed by atoms with Crippen molar-refractivity contribution >= 4 is 17.6 Å². The van der Waals surface area contributed by atoms with Crippen LogP contribution < -0.4 is 10.1 Å². The molecule has 3 rings (SSSR count). The molecule has 0 aliphatic heterocycles. The van der Waals surface area contributed by atoms with Gasteiger partial charge in [0, 0.05) is 5.69 Å². The van der Waals surface area contributed by atoms with Crippen molar-refractivity contribution in [3.63, 3.8) is 0 Å². The first kappa shape index (κ1) is 21.9. The van der Waals surface area contributed by atoms with Crippen LogP contribution >= 0.6 is 0 Å². The van der Waals surface area contributed by atoms with Crippen LogP contribution in [0.25, 0.3) is 0 Å². The van der Waals surface area contributed by atoms with Gasteiger partial charge in [-0.25, -0.2) is 4.79 Å². The average Bonchev–Trinajstić information content (AvgIpc) is 2.78. The smallest absolute Gasteiger partial charge is 0.341 e. The highest BCUT2D eigenvalue weighted by atomic mass is 16.5. The number of anilines is 1. The molecule has 0 unspecified atom stereocenters. The third kappa shape index (κ3) is 4.66. The van der Waals surface area contributed by atoms with Gasteiger partial charge in [0.15, 0.2) is 0 Å². The number of hydrogen-bond donors (Lipinski definition) is 1. The Morgan fingerprint density at radius 2 is 1.73 bits per heavy atom. The fourth-order valence-corrected chi connectivity index (χ4v) is 4.14. The first-order valence-electron chi connectivity index (χ1n) is 10.7. The third-order valence-corrected chi connectivity index (χ3v) is 5.85. The van der Waals surface area contributed by atoms with E-state index in [1.165, 1.54) is 12.7 Å². The van der Waals surface area contributed by atoms with Crippen molar-refractivity contribution in [1.82, 2.24) is 0 Å². The van der Waals surface area contributed by atoms with Gasteiger partial charge in [-0.3, -0.25) is 4.79 Å². The van der Waals surface area contributed by atoms with Crippen LogP contribution in [0, 0.1) is 6.92 Å². The van der Waals surface area contributed by atoms with Crippen LogP contribution in [0.5, 0.6) is 5.75 Å². The molecule has 1 N–H and O–H groups in total. The molecular formula is C25H31NO4. The minimum Gasteiger partial charge on any atom is -0.493 e. The summed E-state index contributed by atoms with van der Waals surface area (Å²) in [4.78, 5) is 25.8. The van der Waals surface area contributed by atoms with Crippen molar-refractivity contribution in [2.24, 2.45) is 0 Å². The number of rotatable bonds is 7. The van der Waals surface area contributed by atoms with E-state index in [9.17, 15) is 9.59 Å². The van der Waals surface area contributed by atoms with E-state index in [4.69, 9.17) is 9.47 Å². The van der Waals surface area contributed by atoms with E-state index in [0.29, 0.717) is 23.6 Å². The molecule has 2 aromatic rings. The van der Waals surface area contributed by atoms with Crippen LogP contribution in [-0.2, 0) is 14.9 Å². The number of benzene rings is 2. The second-order valence-electron chi connectivity index (χ2n) is 8.01. The lowest BCUT2D eigenvalue weighted by atomic mass is 9.68. The molecule has 1 fully saturated rings. The topological polar surface area (TPSA) is 64.6 Å². The molecule has 160 valence electrons. The van der Waals surface area contributed by atoms with Crippen LogP contribution in [-0.4, -0.2) is 25.6 Å². The molecule has 0 atom stereocenters. The molecule has 0 spiro atoms. The van der Waals surface area contributed by atoms with Crippen molar-refractivity contribution in [3.05, 3.63) is 59.2 Å². The number of nitrogens with one attached hydrogen (secondary N) is 1. The van der Waals surface area contributed by atoms with Gasteiger partial charge in [-0.15, -0.1) is 0 Å². The highest BCUT2D eigenvalue weighted by Gasteiger charge is 2.41. The molecule has 1 amide bonds. The number of esters is 1. The maximum Gasteiger partial charge on any atom is 0.341 e. The molecule has 0 radical (unpaired) electrons. The number of carbonyl (C=O) groups excluding carboxylic acids is 2. The highest BCUT2D eigenvalue weighted by Crippen LogP contribution is 2.41. The van der Waals surface area contributed by atoms with Crippen molar-refractivity contribution in [2.45, 2.75) is 57.8 Å². The standard InChI is InChI=1S/C25H31NO4/c1-4-16-30-22-13-12-20(17-21(22)23(27)29-3)26-24(28)25(14-6-5-7-15-25)19-10-8-18(2)9-11-19/h8-13,17H,4-7,14-16H2,1-3H3,(H,26,28). The molecule has 2 aromatic carbocycles. The molecule has 1 aliphatic rings. The van der Waals surface area contributed by atoms with Crippen molar-refractivity contribution in [3.8, 4) is 5.75 Å². The Kier molecular flexibility index (Phi) is 7.14. The number of amides is 1. The Bertz CT molecular complexity index is 883. The fourth-order valence-electron chi connectivity index (χ4n) is 4.14. The monoisotopic (exact) mass is 409 g/mol. The van der Waals surface area contributed by atoms with E-state index in [0.717, 1.165) is 44.1 Å². The van der Waals surface area contributed by atoms with Crippen molar-refractivity contribution in [1.29, 1.82) is 0 Å². The number of hydrogen-bond acceptors (Lipinski definition) is 4. The molecule has 5 nitrogen and oxygen atoms in total. The quantitative estimate of drug-likeness (QED) is 0.621. The van der Waals surface area contributed by atoms with E-state index in [1.54, 1.807) is 18.2 Å². The number of aryl methyl sites for hydroxylation is 1. The van der Waals surface area contributed by atoms with E-state index in [2.05, 4.69) is 29.6 Å². The minimum absolute atomic E-state index is 0.0240. The fraction of sp³-hybridized carbons (Fsp3) is 0.440. The Morgan fingerprint density at radius 1 is 1.03 bits per heavy atom. The molecule has 5 heteroatoms. The van der Waals surface area contributed by atoms with Crippen molar-refractivity contribution in [2.75, 3.05) is 19.0 Å². The van der Waals surface area contributed by atoms with E-state index in [1.807, 2.05) is 13.8 Å². The lowest BCUT2D eigenvalue weighted by molar-refractivity contribution is -0.122. The second kappa shape index (κ2) is 9.79. The predicted molar refractivity (Wildman–Crippen MR) is 118 cm³/mol. The summed E-state index contributed by atoms with van der Waals surface area (Å²) in [6.07, 6.45) is 5.68. The van der Waals surface area contributed by atoms with Gasteiger partial charge in [0.05, 0.1) is 19.1 Å². The van der Waals surface area contributed by atoms with Crippen LogP contribution in [0.3, 0.4) is 0 Å². The highest BCUT2D eigenvalue weighted by molar-refractivity contribution is 6.01. The van der Waals surface area contributed by atoms with E-state index < -0.39 is 11.4 Å². The van der Waals surface area contributed by atoms with Crippen LogP contribution in [0.2, 0.25) is 0 Å². The van der Waals surface area contributed by atoms with Crippen LogP contribution in [0.4, 0.5) is 5.69 Å². The van der Waals surface area contributed by atoms with Gasteiger partial charge in [0.1, 0.15) is 11.3 Å². The first-order valence-corrected chi connectivity index (χ1v) is 10.7. The largest absolute Gasteiger partial charge is 0.493 e. The lowest BCUT2D eigenvalue weighted by Gasteiger charge is -2.36. The summed E-state index contributed by atoms with van der Waals surface area (Å²) in [6, 6.07) is 13.4. The van der Waals surface area contributed by atoms with Gasteiger partial charge in [0.25, 0.3) is 0 Å². The summed E-state index contributed by atoms with van der Waals surface area (Å²) >= 11 is 0. The maximum absolute atomic E-state index is 13.5. The van der Waals surface area contributed by atoms with Crippen LogP contribution in [0.15, 0.2) is 42.5 Å². The third-order valence-electron chi connectivity index (χ3n) is 5.85. The van der Waals surface area contributed by atoms with Gasteiger partial charge >= 0.3 is 5.97 Å². The van der Waals surface area contributed by atoms with Gasteiger partial charge < -0.3 is 14.8 Å². The summed E-state index contributed by atoms with van der Waals surface area (Å²) in [6.45, 7) is 4.56. The number of methoxy groups -OCH3 is 1. The summed E-state index contributed by atoms with van der Waals surface area (Å²) in [5.74, 6) is -0.0418. The average molecular weight is 410 g/mol. The number of carbonyl (C=O) groups is 2. The van der Waals surface area contributed by atoms with Crippen molar-refractivity contribution < 1.29 is 19.1 Å². The van der Waals surface area contributed by atoms with Gasteiger partial charge in [0.2, 0.25) is 5.91 Å².